The molecule has 0 unspecified atom stereocenters. The molecule has 15 heavy (non-hydrogen) atoms. The number of rotatable bonds is 5. The van der Waals surface area contributed by atoms with E-state index in [4.69, 9.17) is 0 Å². The number of allylic oxidation sites excluding steroid dienone is 1. The summed E-state index contributed by atoms with van der Waals surface area (Å²) in [5, 5.41) is 7.84. The van der Waals surface area contributed by atoms with Crippen LogP contribution in [0.3, 0.4) is 0 Å². The van der Waals surface area contributed by atoms with Gasteiger partial charge in [-0.1, -0.05) is 26.0 Å². The van der Waals surface area contributed by atoms with E-state index in [-0.39, 0.29) is 0 Å². The summed E-state index contributed by atoms with van der Waals surface area (Å²) in [5.74, 6) is 0. The van der Waals surface area contributed by atoms with Crippen LogP contribution in [0.25, 0.3) is 0 Å². The molecule has 0 aliphatic heterocycles. The third-order valence-corrected chi connectivity index (χ3v) is 2.18. The van der Waals surface area contributed by atoms with Crippen LogP contribution >= 0.6 is 0 Å². The normalized spacial score (nSPS) is 11.0. The van der Waals surface area contributed by atoms with E-state index in [0.29, 0.717) is 6.04 Å². The largest absolute Gasteiger partial charge is 0.310 e. The number of aromatic nitrogens is 2. The molecule has 0 spiro atoms. The van der Waals surface area contributed by atoms with Crippen molar-refractivity contribution in [2.75, 3.05) is 0 Å². The molecule has 3 nitrogen and oxygen atoms in total. The van der Waals surface area contributed by atoms with Gasteiger partial charge in [0.25, 0.3) is 0 Å². The van der Waals surface area contributed by atoms with Crippen molar-refractivity contribution in [3.05, 3.63) is 29.6 Å². The van der Waals surface area contributed by atoms with Gasteiger partial charge in [-0.05, 0) is 13.8 Å². The Bertz CT molecular complexity index is 337. The molecule has 0 aliphatic rings. The summed E-state index contributed by atoms with van der Waals surface area (Å²) in [6.45, 7) is 13.9. The summed E-state index contributed by atoms with van der Waals surface area (Å²) in [5.41, 5.74) is 3.50. The summed E-state index contributed by atoms with van der Waals surface area (Å²) in [6, 6.07) is 0.508. The molecule has 0 atom stereocenters. The first kappa shape index (κ1) is 12.0. The Kier molecular flexibility index (Phi) is 4.09. The summed E-state index contributed by atoms with van der Waals surface area (Å²) >= 11 is 0. The standard InChI is InChI=1S/C12H21N3/c1-9(2)7-15-8-12(11(5)14-15)6-13-10(3)4/h8,10,13H,1,6-7H2,2-5H3. The lowest BCUT2D eigenvalue weighted by atomic mass is 10.2. The lowest BCUT2D eigenvalue weighted by molar-refractivity contribution is 0.587. The SMILES string of the molecule is C=C(C)Cn1cc(CNC(C)C)c(C)n1. The zero-order valence-electron chi connectivity index (χ0n) is 10.2. The Morgan fingerprint density at radius 1 is 1.60 bits per heavy atom. The summed E-state index contributed by atoms with van der Waals surface area (Å²) in [4.78, 5) is 0. The topological polar surface area (TPSA) is 29.9 Å². The van der Waals surface area contributed by atoms with Gasteiger partial charge in [0.2, 0.25) is 0 Å². The molecule has 0 bridgehead atoms. The third kappa shape index (κ3) is 3.88. The highest BCUT2D eigenvalue weighted by Crippen LogP contribution is 2.07. The minimum absolute atomic E-state index is 0.508. The molecule has 0 fully saturated rings. The van der Waals surface area contributed by atoms with E-state index in [2.05, 4.69) is 37.0 Å². The van der Waals surface area contributed by atoms with Crippen LogP contribution in [0, 0.1) is 6.92 Å². The van der Waals surface area contributed by atoms with Gasteiger partial charge in [0.1, 0.15) is 0 Å². The van der Waals surface area contributed by atoms with Crippen LogP contribution in [0.15, 0.2) is 18.3 Å². The average molecular weight is 207 g/mol. The zero-order valence-corrected chi connectivity index (χ0v) is 10.2. The molecule has 1 aromatic rings. The van der Waals surface area contributed by atoms with Crippen LogP contribution in [0.5, 0.6) is 0 Å². The first-order valence-corrected chi connectivity index (χ1v) is 5.39. The predicted octanol–water partition coefficient (Wildman–Crippen LogP) is 2.27. The molecular weight excluding hydrogens is 186 g/mol. The highest BCUT2D eigenvalue weighted by molar-refractivity contribution is 5.15. The number of hydrogen-bond donors (Lipinski definition) is 1. The van der Waals surface area contributed by atoms with Gasteiger partial charge in [0.05, 0.1) is 12.2 Å². The van der Waals surface area contributed by atoms with Gasteiger partial charge in [-0.25, -0.2) is 0 Å². The molecule has 0 saturated carbocycles. The van der Waals surface area contributed by atoms with Crippen molar-refractivity contribution in [2.45, 2.75) is 46.8 Å². The van der Waals surface area contributed by atoms with Crippen LogP contribution < -0.4 is 5.32 Å². The minimum Gasteiger partial charge on any atom is -0.310 e. The van der Waals surface area contributed by atoms with Crippen molar-refractivity contribution in [1.29, 1.82) is 0 Å². The van der Waals surface area contributed by atoms with E-state index in [1.54, 1.807) is 0 Å². The van der Waals surface area contributed by atoms with Crippen molar-refractivity contribution in [3.63, 3.8) is 0 Å². The summed E-state index contributed by atoms with van der Waals surface area (Å²) in [7, 11) is 0. The second-order valence-electron chi connectivity index (χ2n) is 4.43. The molecule has 1 aromatic heterocycles. The molecule has 0 aliphatic carbocycles. The molecule has 3 heteroatoms. The molecule has 0 amide bonds. The zero-order chi connectivity index (χ0) is 11.4. The Balaban J connectivity index is 2.64. The molecule has 84 valence electrons. The molecule has 1 rings (SSSR count). The van der Waals surface area contributed by atoms with Crippen LogP contribution in [0.2, 0.25) is 0 Å². The smallest absolute Gasteiger partial charge is 0.0638 e. The van der Waals surface area contributed by atoms with Crippen LogP contribution in [0.1, 0.15) is 32.0 Å². The summed E-state index contributed by atoms with van der Waals surface area (Å²) < 4.78 is 1.95. The van der Waals surface area contributed by atoms with Crippen molar-refractivity contribution in [3.8, 4) is 0 Å². The maximum absolute atomic E-state index is 4.44. The van der Waals surface area contributed by atoms with Crippen LogP contribution in [-0.2, 0) is 13.1 Å². The average Bonchev–Trinajstić information content (AvgIpc) is 2.41. The molecular formula is C12H21N3. The van der Waals surface area contributed by atoms with Crippen molar-refractivity contribution in [2.24, 2.45) is 0 Å². The van der Waals surface area contributed by atoms with Gasteiger partial charge in [0.15, 0.2) is 0 Å². The molecule has 0 radical (unpaired) electrons. The Morgan fingerprint density at radius 2 is 2.27 bits per heavy atom. The van der Waals surface area contributed by atoms with Crippen molar-refractivity contribution in [1.82, 2.24) is 15.1 Å². The van der Waals surface area contributed by atoms with E-state index >= 15 is 0 Å². The number of nitrogens with zero attached hydrogens (tertiary/aromatic N) is 2. The highest BCUT2D eigenvalue weighted by atomic mass is 15.3. The fourth-order valence-corrected chi connectivity index (χ4v) is 1.40. The first-order chi connectivity index (χ1) is 6.99. The molecule has 1 heterocycles. The second kappa shape index (κ2) is 5.12. The lowest BCUT2D eigenvalue weighted by Gasteiger charge is -2.06. The van der Waals surface area contributed by atoms with E-state index in [1.165, 1.54) is 5.56 Å². The second-order valence-corrected chi connectivity index (χ2v) is 4.43. The van der Waals surface area contributed by atoms with E-state index in [0.717, 1.165) is 24.4 Å². The lowest BCUT2D eigenvalue weighted by Crippen LogP contribution is -2.21. The fourth-order valence-electron chi connectivity index (χ4n) is 1.40. The first-order valence-electron chi connectivity index (χ1n) is 5.39. The Morgan fingerprint density at radius 3 is 2.80 bits per heavy atom. The van der Waals surface area contributed by atoms with Crippen LogP contribution in [-0.4, -0.2) is 15.8 Å². The summed E-state index contributed by atoms with van der Waals surface area (Å²) in [6.07, 6.45) is 2.10. The highest BCUT2D eigenvalue weighted by Gasteiger charge is 2.04. The molecule has 0 aromatic carbocycles. The predicted molar refractivity (Wildman–Crippen MR) is 63.8 cm³/mol. The fraction of sp³-hybridized carbons (Fsp3) is 0.583. The monoisotopic (exact) mass is 207 g/mol. The maximum Gasteiger partial charge on any atom is 0.0638 e. The molecule has 1 N–H and O–H groups in total. The van der Waals surface area contributed by atoms with Gasteiger partial charge in [0, 0.05) is 24.3 Å². The number of hydrogen-bond acceptors (Lipinski definition) is 2. The Labute approximate surface area is 92.2 Å². The Hall–Kier alpha value is -1.09. The quantitative estimate of drug-likeness (QED) is 0.751. The van der Waals surface area contributed by atoms with Gasteiger partial charge in [-0.2, -0.15) is 5.10 Å². The minimum atomic E-state index is 0.508. The maximum atomic E-state index is 4.44. The number of aryl methyl sites for hydroxylation is 1. The third-order valence-electron chi connectivity index (χ3n) is 2.18. The van der Waals surface area contributed by atoms with E-state index in [1.807, 2.05) is 18.5 Å². The van der Waals surface area contributed by atoms with Gasteiger partial charge < -0.3 is 5.32 Å². The van der Waals surface area contributed by atoms with Gasteiger partial charge in [-0.15, -0.1) is 0 Å². The number of nitrogens with one attached hydrogen (secondary N) is 1. The van der Waals surface area contributed by atoms with Crippen LogP contribution in [0.4, 0.5) is 0 Å². The van der Waals surface area contributed by atoms with Gasteiger partial charge in [-0.3, -0.25) is 4.68 Å². The van der Waals surface area contributed by atoms with Crippen molar-refractivity contribution >= 4 is 0 Å². The van der Waals surface area contributed by atoms with Crippen molar-refractivity contribution < 1.29 is 0 Å². The van der Waals surface area contributed by atoms with E-state index in [9.17, 15) is 0 Å². The van der Waals surface area contributed by atoms with Gasteiger partial charge >= 0.3 is 0 Å². The molecule has 0 saturated heterocycles. The van der Waals surface area contributed by atoms with E-state index < -0.39 is 0 Å².